The summed E-state index contributed by atoms with van der Waals surface area (Å²) < 4.78 is 0. The molecule has 0 saturated heterocycles. The van der Waals surface area contributed by atoms with Gasteiger partial charge in [-0.25, -0.2) is 4.98 Å². The number of rotatable bonds is 5. The van der Waals surface area contributed by atoms with Gasteiger partial charge >= 0.3 is 0 Å². The van der Waals surface area contributed by atoms with Crippen molar-refractivity contribution in [3.63, 3.8) is 0 Å². The Balaban J connectivity index is 1.70. The maximum absolute atomic E-state index is 12.3. The molecule has 27 heavy (non-hydrogen) atoms. The zero-order chi connectivity index (χ0) is 19.4. The summed E-state index contributed by atoms with van der Waals surface area (Å²) in [5.41, 5.74) is 4.15. The molecule has 0 aliphatic heterocycles. The van der Waals surface area contributed by atoms with Crippen LogP contribution in [-0.4, -0.2) is 30.0 Å². The van der Waals surface area contributed by atoms with Crippen LogP contribution in [0.3, 0.4) is 0 Å². The molecule has 138 valence electrons. The lowest BCUT2D eigenvalue weighted by molar-refractivity contribution is 0.102. The van der Waals surface area contributed by atoms with Gasteiger partial charge < -0.3 is 15.5 Å². The van der Waals surface area contributed by atoms with E-state index >= 15 is 0 Å². The normalized spacial score (nSPS) is 10.4. The zero-order valence-electron chi connectivity index (χ0n) is 15.9. The van der Waals surface area contributed by atoms with Crippen LogP contribution >= 0.6 is 0 Å². The SMILES string of the molecule is Cc1cccc(C(=O)Nc2ccc(Nc3nc(C)cc(N(C)C)n3)cc2)c1. The molecule has 0 radical (unpaired) electrons. The molecule has 0 spiro atoms. The molecule has 1 amide bonds. The van der Waals surface area contributed by atoms with Crippen molar-refractivity contribution < 1.29 is 4.79 Å². The second-order valence-corrected chi connectivity index (χ2v) is 6.61. The third-order valence-electron chi connectivity index (χ3n) is 3.98. The fourth-order valence-electron chi connectivity index (χ4n) is 2.59. The first-order valence-electron chi connectivity index (χ1n) is 8.69. The van der Waals surface area contributed by atoms with Crippen molar-refractivity contribution in [3.8, 4) is 0 Å². The molecule has 0 aliphatic carbocycles. The van der Waals surface area contributed by atoms with Crippen LogP contribution in [0, 0.1) is 13.8 Å². The van der Waals surface area contributed by atoms with E-state index in [-0.39, 0.29) is 5.91 Å². The van der Waals surface area contributed by atoms with E-state index in [9.17, 15) is 4.79 Å². The molecule has 1 heterocycles. The highest BCUT2D eigenvalue weighted by Crippen LogP contribution is 2.19. The van der Waals surface area contributed by atoms with Crippen LogP contribution in [-0.2, 0) is 0 Å². The molecular weight excluding hydrogens is 338 g/mol. The topological polar surface area (TPSA) is 70.2 Å². The fourth-order valence-corrected chi connectivity index (χ4v) is 2.59. The predicted molar refractivity (Wildman–Crippen MR) is 110 cm³/mol. The molecule has 6 nitrogen and oxygen atoms in total. The number of nitrogens with one attached hydrogen (secondary N) is 2. The second-order valence-electron chi connectivity index (χ2n) is 6.61. The number of hydrogen-bond donors (Lipinski definition) is 2. The summed E-state index contributed by atoms with van der Waals surface area (Å²) in [5.74, 6) is 1.25. The summed E-state index contributed by atoms with van der Waals surface area (Å²) in [6.45, 7) is 3.90. The molecule has 1 aromatic heterocycles. The summed E-state index contributed by atoms with van der Waals surface area (Å²) in [4.78, 5) is 23.2. The number of carbonyl (C=O) groups excluding carboxylic acids is 1. The largest absolute Gasteiger partial charge is 0.363 e. The molecule has 0 bridgehead atoms. The Morgan fingerprint density at radius 3 is 2.30 bits per heavy atom. The first-order chi connectivity index (χ1) is 12.9. The Kier molecular flexibility index (Phi) is 5.35. The van der Waals surface area contributed by atoms with Crippen LogP contribution in [0.2, 0.25) is 0 Å². The predicted octanol–water partition coefficient (Wildman–Crippen LogP) is 4.16. The van der Waals surface area contributed by atoms with Gasteiger partial charge in [-0.1, -0.05) is 17.7 Å². The van der Waals surface area contributed by atoms with E-state index in [1.807, 2.05) is 81.4 Å². The molecule has 0 atom stereocenters. The first kappa shape index (κ1) is 18.4. The van der Waals surface area contributed by atoms with Gasteiger partial charge in [0.05, 0.1) is 0 Å². The quantitative estimate of drug-likeness (QED) is 0.714. The van der Waals surface area contributed by atoms with Crippen molar-refractivity contribution in [1.29, 1.82) is 0 Å². The smallest absolute Gasteiger partial charge is 0.255 e. The molecule has 0 fully saturated rings. The van der Waals surface area contributed by atoms with Gasteiger partial charge in [0.2, 0.25) is 5.95 Å². The average molecular weight is 361 g/mol. The Labute approximate surface area is 159 Å². The number of hydrogen-bond acceptors (Lipinski definition) is 5. The highest BCUT2D eigenvalue weighted by Gasteiger charge is 2.07. The molecule has 6 heteroatoms. The number of aryl methyl sites for hydroxylation is 2. The summed E-state index contributed by atoms with van der Waals surface area (Å²) >= 11 is 0. The fraction of sp³-hybridized carbons (Fsp3) is 0.190. The zero-order valence-corrected chi connectivity index (χ0v) is 15.9. The molecule has 2 N–H and O–H groups in total. The molecular formula is C21H23N5O. The number of nitrogens with zero attached hydrogens (tertiary/aromatic N) is 3. The Hall–Kier alpha value is -3.41. The Bertz CT molecular complexity index is 951. The van der Waals surface area contributed by atoms with Crippen molar-refractivity contribution in [2.45, 2.75) is 13.8 Å². The van der Waals surface area contributed by atoms with Gasteiger partial charge in [-0.3, -0.25) is 4.79 Å². The van der Waals surface area contributed by atoms with E-state index in [2.05, 4.69) is 20.6 Å². The lowest BCUT2D eigenvalue weighted by Crippen LogP contribution is -2.13. The highest BCUT2D eigenvalue weighted by atomic mass is 16.1. The lowest BCUT2D eigenvalue weighted by atomic mass is 10.1. The number of aromatic nitrogens is 2. The molecule has 2 aromatic carbocycles. The van der Waals surface area contributed by atoms with Gasteiger partial charge in [-0.2, -0.15) is 4.98 Å². The van der Waals surface area contributed by atoms with Gasteiger partial charge in [0.1, 0.15) is 5.82 Å². The van der Waals surface area contributed by atoms with E-state index in [1.54, 1.807) is 6.07 Å². The van der Waals surface area contributed by atoms with Crippen LogP contribution in [0.25, 0.3) is 0 Å². The monoisotopic (exact) mass is 361 g/mol. The number of anilines is 4. The molecule has 3 rings (SSSR count). The van der Waals surface area contributed by atoms with E-state index < -0.39 is 0 Å². The van der Waals surface area contributed by atoms with Crippen molar-refractivity contribution in [1.82, 2.24) is 9.97 Å². The van der Waals surface area contributed by atoms with Gasteiger partial charge in [0, 0.05) is 42.8 Å². The number of carbonyl (C=O) groups is 1. The van der Waals surface area contributed by atoms with Crippen LogP contribution in [0.4, 0.5) is 23.1 Å². The minimum Gasteiger partial charge on any atom is -0.363 e. The number of amides is 1. The average Bonchev–Trinajstić information content (AvgIpc) is 2.63. The van der Waals surface area contributed by atoms with Crippen molar-refractivity contribution >= 4 is 29.0 Å². The summed E-state index contributed by atoms with van der Waals surface area (Å²) in [7, 11) is 3.88. The molecule has 0 unspecified atom stereocenters. The minimum atomic E-state index is -0.128. The van der Waals surface area contributed by atoms with Crippen molar-refractivity contribution in [2.75, 3.05) is 29.6 Å². The maximum Gasteiger partial charge on any atom is 0.255 e. The van der Waals surface area contributed by atoms with Gasteiger partial charge in [-0.15, -0.1) is 0 Å². The summed E-state index contributed by atoms with van der Waals surface area (Å²) in [5, 5.41) is 6.10. The summed E-state index contributed by atoms with van der Waals surface area (Å²) in [6.07, 6.45) is 0. The number of benzene rings is 2. The minimum absolute atomic E-state index is 0.128. The van der Waals surface area contributed by atoms with Crippen molar-refractivity contribution in [3.05, 3.63) is 71.4 Å². The van der Waals surface area contributed by atoms with E-state index in [0.717, 1.165) is 28.5 Å². The van der Waals surface area contributed by atoms with Crippen LogP contribution in [0.5, 0.6) is 0 Å². The summed E-state index contributed by atoms with van der Waals surface area (Å²) in [6, 6.07) is 16.9. The first-order valence-corrected chi connectivity index (χ1v) is 8.69. The van der Waals surface area contributed by atoms with E-state index in [4.69, 9.17) is 0 Å². The molecule has 3 aromatic rings. The van der Waals surface area contributed by atoms with Crippen molar-refractivity contribution in [2.24, 2.45) is 0 Å². The standard InChI is InChI=1S/C21H23N5O/c1-14-6-5-7-16(12-14)20(27)23-17-8-10-18(11-9-17)24-21-22-15(2)13-19(25-21)26(3)4/h5-13H,1-4H3,(H,23,27)(H,22,24,25). The molecule has 0 saturated carbocycles. The van der Waals surface area contributed by atoms with Crippen LogP contribution in [0.1, 0.15) is 21.6 Å². The van der Waals surface area contributed by atoms with Gasteiger partial charge in [-0.05, 0) is 50.2 Å². The van der Waals surface area contributed by atoms with Crippen LogP contribution < -0.4 is 15.5 Å². The third-order valence-corrected chi connectivity index (χ3v) is 3.98. The third kappa shape index (κ3) is 4.82. The second kappa shape index (κ2) is 7.86. The van der Waals surface area contributed by atoms with Gasteiger partial charge in [0.25, 0.3) is 5.91 Å². The van der Waals surface area contributed by atoms with Gasteiger partial charge in [0.15, 0.2) is 0 Å². The lowest BCUT2D eigenvalue weighted by Gasteiger charge is -2.14. The van der Waals surface area contributed by atoms with E-state index in [1.165, 1.54) is 0 Å². The Morgan fingerprint density at radius 2 is 1.63 bits per heavy atom. The Morgan fingerprint density at radius 1 is 0.926 bits per heavy atom. The highest BCUT2D eigenvalue weighted by molar-refractivity contribution is 6.04. The van der Waals surface area contributed by atoms with E-state index in [0.29, 0.717) is 11.5 Å². The molecule has 0 aliphatic rings. The van der Waals surface area contributed by atoms with Crippen LogP contribution in [0.15, 0.2) is 54.6 Å². The maximum atomic E-state index is 12.3.